The molecule has 1 aromatic heterocycles. The lowest BCUT2D eigenvalue weighted by molar-refractivity contribution is 0.0687. The molecule has 26 heavy (non-hydrogen) atoms. The van der Waals surface area contributed by atoms with Gasteiger partial charge in [0.1, 0.15) is 5.75 Å². The zero-order chi connectivity index (χ0) is 18.3. The summed E-state index contributed by atoms with van der Waals surface area (Å²) < 4.78 is 6.96. The molecule has 1 aliphatic carbocycles. The molecular formula is C20H19N3O3. The van der Waals surface area contributed by atoms with Crippen LogP contribution in [0.25, 0.3) is 11.1 Å². The molecule has 0 aliphatic heterocycles. The number of nitrogens with zero attached hydrogens (tertiary/aromatic N) is 3. The van der Waals surface area contributed by atoms with E-state index in [1.54, 1.807) is 7.05 Å². The largest absolute Gasteiger partial charge is 0.476 e. The summed E-state index contributed by atoms with van der Waals surface area (Å²) in [6, 6.07) is 16.2. The highest BCUT2D eigenvalue weighted by Gasteiger charge is 2.38. The molecule has 1 fully saturated rings. The van der Waals surface area contributed by atoms with Gasteiger partial charge in [-0.05, 0) is 47.1 Å². The van der Waals surface area contributed by atoms with Crippen molar-refractivity contribution in [3.8, 4) is 22.8 Å². The second kappa shape index (κ2) is 5.98. The van der Waals surface area contributed by atoms with Crippen LogP contribution in [0.1, 0.15) is 35.8 Å². The molecule has 6 nitrogen and oxygen atoms in total. The average molecular weight is 349 g/mol. The Morgan fingerprint density at radius 1 is 1.08 bits per heavy atom. The van der Waals surface area contributed by atoms with Crippen LogP contribution in [0.4, 0.5) is 0 Å². The van der Waals surface area contributed by atoms with Crippen LogP contribution in [0.15, 0.2) is 48.5 Å². The SMILES string of the molecule is Cn1nnc(C(=O)O)c1Oc1ccc(-c2ccc(C3(C)CC3)cc2)cc1. The summed E-state index contributed by atoms with van der Waals surface area (Å²) in [7, 11) is 1.59. The molecule has 0 radical (unpaired) electrons. The van der Waals surface area contributed by atoms with Crippen molar-refractivity contribution in [2.75, 3.05) is 0 Å². The van der Waals surface area contributed by atoms with Crippen molar-refractivity contribution in [3.63, 3.8) is 0 Å². The molecule has 6 heteroatoms. The predicted molar refractivity (Wildman–Crippen MR) is 96.5 cm³/mol. The van der Waals surface area contributed by atoms with Crippen LogP contribution in [0.2, 0.25) is 0 Å². The van der Waals surface area contributed by atoms with Gasteiger partial charge >= 0.3 is 5.97 Å². The molecule has 3 aromatic rings. The molecule has 0 saturated heterocycles. The first kappa shape index (κ1) is 16.3. The topological polar surface area (TPSA) is 77.2 Å². The van der Waals surface area contributed by atoms with Crippen LogP contribution >= 0.6 is 0 Å². The van der Waals surface area contributed by atoms with Crippen molar-refractivity contribution in [2.24, 2.45) is 7.05 Å². The summed E-state index contributed by atoms with van der Waals surface area (Å²) in [5, 5.41) is 16.4. The number of aromatic carboxylic acids is 1. The van der Waals surface area contributed by atoms with E-state index in [2.05, 4.69) is 41.5 Å². The minimum atomic E-state index is -1.17. The highest BCUT2D eigenvalue weighted by atomic mass is 16.5. The van der Waals surface area contributed by atoms with E-state index >= 15 is 0 Å². The Hall–Kier alpha value is -3.15. The van der Waals surface area contributed by atoms with Crippen molar-refractivity contribution in [2.45, 2.75) is 25.2 Å². The van der Waals surface area contributed by atoms with Crippen molar-refractivity contribution in [1.29, 1.82) is 0 Å². The third-order valence-corrected chi connectivity index (χ3v) is 4.96. The van der Waals surface area contributed by atoms with Gasteiger partial charge < -0.3 is 9.84 Å². The van der Waals surface area contributed by atoms with Gasteiger partial charge in [-0.3, -0.25) is 0 Å². The fourth-order valence-electron chi connectivity index (χ4n) is 2.97. The summed E-state index contributed by atoms with van der Waals surface area (Å²) in [5.41, 5.74) is 3.77. The Labute approximate surface area is 151 Å². The Bertz CT molecular complexity index is 955. The molecule has 1 N–H and O–H groups in total. The van der Waals surface area contributed by atoms with Crippen molar-refractivity contribution in [1.82, 2.24) is 15.0 Å². The smallest absolute Gasteiger partial charge is 0.362 e. The summed E-state index contributed by atoms with van der Waals surface area (Å²) in [6.07, 6.45) is 2.53. The first-order valence-electron chi connectivity index (χ1n) is 8.48. The van der Waals surface area contributed by atoms with Crippen LogP contribution in [0.3, 0.4) is 0 Å². The maximum absolute atomic E-state index is 11.2. The number of rotatable bonds is 5. The number of carboxylic acids is 1. The van der Waals surface area contributed by atoms with Crippen molar-refractivity contribution >= 4 is 5.97 Å². The molecule has 2 aromatic carbocycles. The molecule has 132 valence electrons. The number of carbonyl (C=O) groups is 1. The van der Waals surface area contributed by atoms with Crippen LogP contribution in [0.5, 0.6) is 11.6 Å². The highest BCUT2D eigenvalue weighted by Crippen LogP contribution is 2.47. The number of aryl methyl sites for hydroxylation is 1. The lowest BCUT2D eigenvalue weighted by atomic mass is 9.95. The van der Waals surface area contributed by atoms with Gasteiger partial charge in [0.25, 0.3) is 5.88 Å². The van der Waals surface area contributed by atoms with Gasteiger partial charge in [0.2, 0.25) is 5.69 Å². The number of ether oxygens (including phenoxy) is 1. The maximum Gasteiger partial charge on any atom is 0.362 e. The number of hydrogen-bond donors (Lipinski definition) is 1. The molecule has 0 bridgehead atoms. The summed E-state index contributed by atoms with van der Waals surface area (Å²) in [4.78, 5) is 11.2. The Morgan fingerprint density at radius 3 is 2.19 bits per heavy atom. The van der Waals surface area contributed by atoms with Gasteiger partial charge in [0, 0.05) is 7.05 Å². The predicted octanol–water partition coefficient (Wildman–Crippen LogP) is 4.02. The molecule has 1 saturated carbocycles. The zero-order valence-corrected chi connectivity index (χ0v) is 14.6. The third kappa shape index (κ3) is 2.94. The first-order chi connectivity index (χ1) is 12.5. The highest BCUT2D eigenvalue weighted by molar-refractivity contribution is 5.87. The van der Waals surface area contributed by atoms with E-state index in [1.807, 2.05) is 24.3 Å². The molecule has 1 aliphatic rings. The van der Waals surface area contributed by atoms with Crippen molar-refractivity contribution < 1.29 is 14.6 Å². The van der Waals surface area contributed by atoms with E-state index < -0.39 is 5.97 Å². The molecular weight excluding hydrogens is 330 g/mol. The minimum absolute atomic E-state index is 0.104. The van der Waals surface area contributed by atoms with E-state index in [0.29, 0.717) is 11.2 Å². The molecule has 0 spiro atoms. The quantitative estimate of drug-likeness (QED) is 0.753. The van der Waals surface area contributed by atoms with Crippen LogP contribution in [-0.4, -0.2) is 26.1 Å². The van der Waals surface area contributed by atoms with E-state index in [1.165, 1.54) is 23.1 Å². The first-order valence-corrected chi connectivity index (χ1v) is 8.48. The monoisotopic (exact) mass is 349 g/mol. The van der Waals surface area contributed by atoms with Gasteiger partial charge in [0.15, 0.2) is 0 Å². The van der Waals surface area contributed by atoms with E-state index in [0.717, 1.165) is 11.1 Å². The number of benzene rings is 2. The van der Waals surface area contributed by atoms with Gasteiger partial charge in [0.05, 0.1) is 0 Å². The number of aromatic nitrogens is 3. The Kier molecular flexibility index (Phi) is 3.76. The standard InChI is InChI=1S/C20H19N3O3/c1-20(11-12-20)15-7-3-13(4-8-15)14-5-9-16(10-6-14)26-18-17(19(24)25)21-22-23(18)2/h3-10H,11-12H2,1-2H3,(H,24,25). The second-order valence-electron chi connectivity index (χ2n) is 6.94. The minimum Gasteiger partial charge on any atom is -0.476 e. The molecule has 0 unspecified atom stereocenters. The van der Waals surface area contributed by atoms with Gasteiger partial charge in [-0.15, -0.1) is 5.10 Å². The average Bonchev–Trinajstić information content (AvgIpc) is 3.29. The Morgan fingerprint density at radius 2 is 1.65 bits per heavy atom. The van der Waals surface area contributed by atoms with E-state index in [9.17, 15) is 4.79 Å². The van der Waals surface area contributed by atoms with E-state index in [4.69, 9.17) is 9.84 Å². The number of carboxylic acid groups (broad SMARTS) is 1. The van der Waals surface area contributed by atoms with Crippen LogP contribution in [0, 0.1) is 0 Å². The molecule has 1 heterocycles. The molecule has 4 rings (SSSR count). The van der Waals surface area contributed by atoms with Gasteiger partial charge in [-0.2, -0.15) is 0 Å². The normalized spacial score (nSPS) is 14.8. The fourth-order valence-corrected chi connectivity index (χ4v) is 2.97. The third-order valence-electron chi connectivity index (χ3n) is 4.96. The van der Waals surface area contributed by atoms with E-state index in [-0.39, 0.29) is 11.6 Å². The van der Waals surface area contributed by atoms with Gasteiger partial charge in [-0.1, -0.05) is 48.5 Å². The van der Waals surface area contributed by atoms with Gasteiger partial charge in [-0.25, -0.2) is 9.48 Å². The lowest BCUT2D eigenvalue weighted by Crippen LogP contribution is -2.01. The fraction of sp³-hybridized carbons (Fsp3) is 0.250. The zero-order valence-electron chi connectivity index (χ0n) is 14.6. The van der Waals surface area contributed by atoms with Crippen LogP contribution < -0.4 is 4.74 Å². The molecule has 0 amide bonds. The lowest BCUT2D eigenvalue weighted by Gasteiger charge is -2.10. The number of hydrogen-bond acceptors (Lipinski definition) is 4. The second-order valence-corrected chi connectivity index (χ2v) is 6.94. The van der Waals surface area contributed by atoms with Crippen LogP contribution in [-0.2, 0) is 12.5 Å². The summed E-state index contributed by atoms with van der Waals surface area (Å²) >= 11 is 0. The maximum atomic E-state index is 11.2. The molecule has 0 atom stereocenters. The summed E-state index contributed by atoms with van der Waals surface area (Å²) in [6.45, 7) is 2.30. The Balaban J connectivity index is 1.54. The van der Waals surface area contributed by atoms with Crippen molar-refractivity contribution in [3.05, 3.63) is 59.8 Å². The summed E-state index contributed by atoms with van der Waals surface area (Å²) in [5.74, 6) is -0.537.